The first-order valence-corrected chi connectivity index (χ1v) is 10.9. The van der Waals surface area contributed by atoms with Gasteiger partial charge >= 0.3 is 0 Å². The van der Waals surface area contributed by atoms with Crippen LogP contribution in [0.15, 0.2) is 58.3 Å². The molecule has 1 aromatic carbocycles. The van der Waals surface area contributed by atoms with Crippen molar-refractivity contribution in [3.05, 3.63) is 70.4 Å². The van der Waals surface area contributed by atoms with Crippen molar-refractivity contribution in [3.63, 3.8) is 0 Å². The average Bonchev–Trinajstić information content (AvgIpc) is 3.46. The molecule has 0 unspecified atom stereocenters. The molecular weight excluding hydrogens is 403 g/mol. The van der Waals surface area contributed by atoms with Crippen molar-refractivity contribution in [1.29, 1.82) is 0 Å². The Kier molecular flexibility index (Phi) is 6.28. The summed E-state index contributed by atoms with van der Waals surface area (Å²) in [6.45, 7) is 1.68. The first kappa shape index (κ1) is 20.3. The molecule has 2 amide bonds. The third-order valence-corrected chi connectivity index (χ3v) is 6.29. The van der Waals surface area contributed by atoms with Crippen LogP contribution in [0.25, 0.3) is 11.3 Å². The largest absolute Gasteiger partial charge is 0.451 e. The van der Waals surface area contributed by atoms with Gasteiger partial charge in [-0.1, -0.05) is 6.07 Å². The number of benzene rings is 1. The fraction of sp³-hybridized carbons (Fsp3) is 0.304. The molecule has 3 heterocycles. The summed E-state index contributed by atoms with van der Waals surface area (Å²) < 4.78 is 18.8. The minimum atomic E-state index is -0.319. The highest BCUT2D eigenvalue weighted by atomic mass is 32.1. The fourth-order valence-electron chi connectivity index (χ4n) is 3.63. The molecule has 1 saturated heterocycles. The first-order valence-electron chi connectivity index (χ1n) is 10.1. The monoisotopic (exact) mass is 426 g/mol. The first-order chi connectivity index (χ1) is 14.6. The molecule has 0 bridgehead atoms. The zero-order chi connectivity index (χ0) is 20.9. The predicted octanol–water partition coefficient (Wildman–Crippen LogP) is 4.36. The van der Waals surface area contributed by atoms with E-state index in [0.717, 1.165) is 6.42 Å². The highest BCUT2D eigenvalue weighted by molar-refractivity contribution is 7.09. The van der Waals surface area contributed by atoms with Crippen LogP contribution in [0.1, 0.15) is 28.3 Å². The number of rotatable bonds is 6. The summed E-state index contributed by atoms with van der Waals surface area (Å²) in [4.78, 5) is 28.1. The molecule has 1 N–H and O–H groups in total. The van der Waals surface area contributed by atoms with Crippen molar-refractivity contribution in [2.75, 3.05) is 19.6 Å². The van der Waals surface area contributed by atoms with Crippen LogP contribution in [0, 0.1) is 11.7 Å². The number of halogens is 1. The van der Waals surface area contributed by atoms with Crippen molar-refractivity contribution in [1.82, 2.24) is 10.2 Å². The number of nitrogens with one attached hydrogen (secondary N) is 1. The van der Waals surface area contributed by atoms with E-state index in [1.165, 1.54) is 17.0 Å². The van der Waals surface area contributed by atoms with Gasteiger partial charge in [0, 0.05) is 36.0 Å². The van der Waals surface area contributed by atoms with Gasteiger partial charge in [-0.15, -0.1) is 11.3 Å². The van der Waals surface area contributed by atoms with Crippen LogP contribution in [0.5, 0.6) is 0 Å². The molecule has 3 aromatic rings. The van der Waals surface area contributed by atoms with Crippen molar-refractivity contribution in [3.8, 4) is 11.3 Å². The molecule has 0 radical (unpaired) electrons. The summed E-state index contributed by atoms with van der Waals surface area (Å²) in [5.41, 5.74) is 0.716. The van der Waals surface area contributed by atoms with Crippen LogP contribution in [0.3, 0.4) is 0 Å². The van der Waals surface area contributed by atoms with Crippen LogP contribution in [0.4, 0.5) is 4.39 Å². The number of amides is 2. The molecule has 0 aliphatic carbocycles. The highest BCUT2D eigenvalue weighted by Crippen LogP contribution is 2.25. The predicted molar refractivity (Wildman–Crippen MR) is 114 cm³/mol. The van der Waals surface area contributed by atoms with E-state index in [9.17, 15) is 14.0 Å². The maximum Gasteiger partial charge on any atom is 0.289 e. The third-order valence-electron chi connectivity index (χ3n) is 5.35. The minimum absolute atomic E-state index is 0.0650. The topological polar surface area (TPSA) is 62.6 Å². The number of carbonyl (C=O) groups is 2. The zero-order valence-electron chi connectivity index (χ0n) is 16.5. The summed E-state index contributed by atoms with van der Waals surface area (Å²) in [6, 6.07) is 13.4. The zero-order valence-corrected chi connectivity index (χ0v) is 17.3. The lowest BCUT2D eigenvalue weighted by atomic mass is 9.95. The van der Waals surface area contributed by atoms with Gasteiger partial charge in [-0.05, 0) is 67.1 Å². The van der Waals surface area contributed by atoms with E-state index in [2.05, 4.69) is 11.4 Å². The quantitative estimate of drug-likeness (QED) is 0.637. The van der Waals surface area contributed by atoms with Gasteiger partial charge in [0.2, 0.25) is 5.91 Å². The van der Waals surface area contributed by atoms with Crippen LogP contribution in [0.2, 0.25) is 0 Å². The van der Waals surface area contributed by atoms with Gasteiger partial charge in [0.1, 0.15) is 11.6 Å². The van der Waals surface area contributed by atoms with Crippen LogP contribution < -0.4 is 5.32 Å². The Morgan fingerprint density at radius 1 is 1.10 bits per heavy atom. The van der Waals surface area contributed by atoms with Gasteiger partial charge in [0.05, 0.1) is 0 Å². The number of thiophene rings is 1. The van der Waals surface area contributed by atoms with E-state index in [-0.39, 0.29) is 29.3 Å². The molecule has 30 heavy (non-hydrogen) atoms. The maximum absolute atomic E-state index is 13.1. The lowest BCUT2D eigenvalue weighted by molar-refractivity contribution is -0.126. The Balaban J connectivity index is 1.27. The number of hydrogen-bond acceptors (Lipinski definition) is 4. The standard InChI is InChI=1S/C23H23FN2O3S/c24-18-5-3-16(4-6-18)20-7-8-21(29-20)23(28)26-13-10-17(11-14-26)22(27)25-12-9-19-2-1-15-30-19/h1-8,15,17H,9-14H2,(H,25,27). The number of piperidine rings is 1. The number of likely N-dealkylation sites (tertiary alicyclic amines) is 1. The summed E-state index contributed by atoms with van der Waals surface area (Å²) in [5.74, 6) is 0.283. The molecule has 1 aliphatic heterocycles. The molecule has 0 saturated carbocycles. The van der Waals surface area contributed by atoms with E-state index < -0.39 is 0 Å². The normalized spacial score (nSPS) is 14.6. The Morgan fingerprint density at radius 3 is 2.57 bits per heavy atom. The van der Waals surface area contributed by atoms with E-state index in [4.69, 9.17) is 4.42 Å². The van der Waals surface area contributed by atoms with Gasteiger partial charge in [0.25, 0.3) is 5.91 Å². The number of nitrogens with zero attached hydrogens (tertiary/aromatic N) is 1. The summed E-state index contributed by atoms with van der Waals surface area (Å²) in [6.07, 6.45) is 2.12. The second-order valence-corrected chi connectivity index (χ2v) is 8.39. The lowest BCUT2D eigenvalue weighted by Gasteiger charge is -2.30. The molecule has 156 valence electrons. The van der Waals surface area contributed by atoms with E-state index in [0.29, 0.717) is 43.8 Å². The lowest BCUT2D eigenvalue weighted by Crippen LogP contribution is -2.43. The van der Waals surface area contributed by atoms with Crippen LogP contribution in [-0.2, 0) is 11.2 Å². The number of carbonyl (C=O) groups excluding carboxylic acids is 2. The van der Waals surface area contributed by atoms with Gasteiger partial charge in [-0.2, -0.15) is 0 Å². The summed E-state index contributed by atoms with van der Waals surface area (Å²) in [5, 5.41) is 5.04. The summed E-state index contributed by atoms with van der Waals surface area (Å²) in [7, 11) is 0. The average molecular weight is 427 g/mol. The van der Waals surface area contributed by atoms with Gasteiger partial charge < -0.3 is 14.6 Å². The maximum atomic E-state index is 13.1. The SMILES string of the molecule is O=C(NCCc1cccs1)C1CCN(C(=O)c2ccc(-c3ccc(F)cc3)o2)CC1. The van der Waals surface area contributed by atoms with Crippen LogP contribution in [-0.4, -0.2) is 36.3 Å². The Morgan fingerprint density at radius 2 is 1.87 bits per heavy atom. The van der Waals surface area contributed by atoms with Gasteiger partial charge in [-0.3, -0.25) is 9.59 Å². The molecular formula is C23H23FN2O3S. The Bertz CT molecular complexity index is 990. The Labute approximate surface area is 178 Å². The van der Waals surface area contributed by atoms with E-state index in [1.807, 2.05) is 11.4 Å². The summed E-state index contributed by atoms with van der Waals surface area (Å²) >= 11 is 1.69. The highest BCUT2D eigenvalue weighted by Gasteiger charge is 2.29. The molecule has 2 aromatic heterocycles. The third kappa shape index (κ3) is 4.79. The minimum Gasteiger partial charge on any atom is -0.451 e. The molecule has 1 fully saturated rings. The van der Waals surface area contributed by atoms with Crippen molar-refractivity contribution < 1.29 is 18.4 Å². The second kappa shape index (κ2) is 9.26. The molecule has 1 aliphatic rings. The molecule has 7 heteroatoms. The van der Waals surface area contributed by atoms with Gasteiger partial charge in [-0.25, -0.2) is 4.39 Å². The van der Waals surface area contributed by atoms with Crippen molar-refractivity contribution >= 4 is 23.2 Å². The van der Waals surface area contributed by atoms with Crippen molar-refractivity contribution in [2.24, 2.45) is 5.92 Å². The molecule has 0 spiro atoms. The van der Waals surface area contributed by atoms with Gasteiger partial charge in [0.15, 0.2) is 5.76 Å². The molecule has 4 rings (SSSR count). The fourth-order valence-corrected chi connectivity index (χ4v) is 4.34. The molecule has 0 atom stereocenters. The Hall–Kier alpha value is -2.93. The molecule has 5 nitrogen and oxygen atoms in total. The van der Waals surface area contributed by atoms with E-state index >= 15 is 0 Å². The van der Waals surface area contributed by atoms with Crippen molar-refractivity contribution in [2.45, 2.75) is 19.3 Å². The van der Waals surface area contributed by atoms with E-state index in [1.54, 1.807) is 40.5 Å². The van der Waals surface area contributed by atoms with Crippen LogP contribution >= 0.6 is 11.3 Å². The second-order valence-electron chi connectivity index (χ2n) is 7.36. The smallest absolute Gasteiger partial charge is 0.289 e. The number of hydrogen-bond donors (Lipinski definition) is 1. The number of furan rings is 1.